The number of ketones is 1. The fraction of sp³-hybridized carbons (Fsp3) is 0.360. The summed E-state index contributed by atoms with van der Waals surface area (Å²) >= 11 is 0. The Bertz CT molecular complexity index is 1310. The number of Topliss-reactive ketones (excluding diaryl/α,β-unsaturated/α-hetero) is 1. The maximum atomic E-state index is 13.5. The van der Waals surface area contributed by atoms with E-state index in [1.165, 1.54) is 25.7 Å². The Balaban J connectivity index is 1.71. The van der Waals surface area contributed by atoms with E-state index in [1.807, 2.05) is 0 Å². The Labute approximate surface area is 202 Å². The molecule has 10 nitrogen and oxygen atoms in total. The number of amides is 1. The van der Waals surface area contributed by atoms with Gasteiger partial charge >= 0.3 is 0 Å². The van der Waals surface area contributed by atoms with Gasteiger partial charge in [0.25, 0.3) is 5.56 Å². The third-order valence-electron chi connectivity index (χ3n) is 5.86. The van der Waals surface area contributed by atoms with E-state index in [0.717, 1.165) is 0 Å². The topological polar surface area (TPSA) is 112 Å². The zero-order chi connectivity index (χ0) is 24.9. The van der Waals surface area contributed by atoms with Crippen LogP contribution in [0.15, 0.2) is 41.2 Å². The summed E-state index contributed by atoms with van der Waals surface area (Å²) < 4.78 is 17.5. The molecular formula is C25H28N4O6. The van der Waals surface area contributed by atoms with Crippen LogP contribution >= 0.6 is 0 Å². The number of carbonyl (C=O) groups is 2. The summed E-state index contributed by atoms with van der Waals surface area (Å²) in [6, 6.07) is 9.91. The minimum absolute atomic E-state index is 0.103. The highest BCUT2D eigenvalue weighted by atomic mass is 16.5. The molecule has 1 aromatic heterocycles. The van der Waals surface area contributed by atoms with Crippen LogP contribution in [0.5, 0.6) is 11.5 Å². The molecule has 184 valence electrons. The van der Waals surface area contributed by atoms with Crippen molar-refractivity contribution in [2.24, 2.45) is 0 Å². The number of nitrogens with one attached hydrogen (secondary N) is 1. The third kappa shape index (κ3) is 5.50. The van der Waals surface area contributed by atoms with E-state index in [1.54, 1.807) is 36.4 Å². The molecule has 1 saturated heterocycles. The molecular weight excluding hydrogens is 452 g/mol. The van der Waals surface area contributed by atoms with Crippen molar-refractivity contribution in [2.75, 3.05) is 45.8 Å². The lowest BCUT2D eigenvalue weighted by molar-refractivity contribution is -0.116. The summed E-state index contributed by atoms with van der Waals surface area (Å²) in [6.07, 6.45) is 0. The zero-order valence-corrected chi connectivity index (χ0v) is 20.0. The molecule has 35 heavy (non-hydrogen) atoms. The lowest BCUT2D eigenvalue weighted by atomic mass is 10.1. The lowest BCUT2D eigenvalue weighted by Gasteiger charge is -2.27. The maximum absolute atomic E-state index is 13.5. The number of anilines is 1. The summed E-state index contributed by atoms with van der Waals surface area (Å²) in [5.41, 5.74) is 1.07. The van der Waals surface area contributed by atoms with Gasteiger partial charge in [-0.25, -0.2) is 4.98 Å². The molecule has 2 aromatic carbocycles. The van der Waals surface area contributed by atoms with Gasteiger partial charge in [-0.05, 0) is 25.1 Å². The van der Waals surface area contributed by atoms with Gasteiger partial charge in [0.15, 0.2) is 17.3 Å². The van der Waals surface area contributed by atoms with Crippen molar-refractivity contribution >= 4 is 28.3 Å². The van der Waals surface area contributed by atoms with E-state index >= 15 is 0 Å². The molecule has 10 heteroatoms. The van der Waals surface area contributed by atoms with Gasteiger partial charge < -0.3 is 19.5 Å². The largest absolute Gasteiger partial charge is 0.493 e. The van der Waals surface area contributed by atoms with Crippen LogP contribution in [0.4, 0.5) is 5.69 Å². The van der Waals surface area contributed by atoms with Gasteiger partial charge in [0.05, 0.1) is 44.9 Å². The van der Waals surface area contributed by atoms with Crippen LogP contribution in [0.25, 0.3) is 10.9 Å². The molecule has 1 fully saturated rings. The number of methoxy groups -OCH3 is 2. The number of carbonyl (C=O) groups excluding carboxylic acids is 2. The molecule has 0 bridgehead atoms. The van der Waals surface area contributed by atoms with Gasteiger partial charge in [0.2, 0.25) is 5.91 Å². The highest BCUT2D eigenvalue weighted by molar-refractivity contribution is 5.97. The Morgan fingerprint density at radius 1 is 1.09 bits per heavy atom. The Morgan fingerprint density at radius 3 is 2.49 bits per heavy atom. The van der Waals surface area contributed by atoms with E-state index in [-0.39, 0.29) is 17.9 Å². The van der Waals surface area contributed by atoms with Crippen LogP contribution in [-0.2, 0) is 22.6 Å². The number of ether oxygens (including phenoxy) is 3. The summed E-state index contributed by atoms with van der Waals surface area (Å²) in [5, 5.41) is 3.09. The molecule has 0 atom stereocenters. The number of fused-ring (bicyclic) bond motifs is 1. The SMILES string of the molecule is COc1cc2nc(CN3CCOCC3)n(CC(=O)Nc3cccc(C(C)=O)c3)c(=O)c2cc1OC. The Kier molecular flexibility index (Phi) is 7.42. The fourth-order valence-electron chi connectivity index (χ4n) is 4.00. The van der Waals surface area contributed by atoms with E-state index < -0.39 is 5.91 Å². The zero-order valence-electron chi connectivity index (χ0n) is 20.0. The minimum Gasteiger partial charge on any atom is -0.493 e. The minimum atomic E-state index is -0.405. The first-order chi connectivity index (χ1) is 16.9. The van der Waals surface area contributed by atoms with Gasteiger partial charge in [0.1, 0.15) is 12.4 Å². The third-order valence-corrected chi connectivity index (χ3v) is 5.86. The highest BCUT2D eigenvalue weighted by Gasteiger charge is 2.20. The molecule has 0 unspecified atom stereocenters. The van der Waals surface area contributed by atoms with E-state index in [4.69, 9.17) is 19.2 Å². The normalized spacial score (nSPS) is 14.0. The molecule has 0 aliphatic carbocycles. The number of hydrogen-bond donors (Lipinski definition) is 1. The van der Waals surface area contributed by atoms with Crippen molar-refractivity contribution in [2.45, 2.75) is 20.0 Å². The van der Waals surface area contributed by atoms with Crippen LogP contribution in [0.1, 0.15) is 23.1 Å². The van der Waals surface area contributed by atoms with Crippen LogP contribution in [0.3, 0.4) is 0 Å². The molecule has 0 saturated carbocycles. The number of morpholine rings is 1. The van der Waals surface area contributed by atoms with Gasteiger partial charge in [-0.1, -0.05) is 12.1 Å². The first kappa shape index (κ1) is 24.4. The number of benzene rings is 2. The number of nitrogens with zero attached hydrogens (tertiary/aromatic N) is 3. The summed E-state index contributed by atoms with van der Waals surface area (Å²) in [7, 11) is 3.01. The Morgan fingerprint density at radius 2 is 1.80 bits per heavy atom. The Hall–Kier alpha value is -3.76. The van der Waals surface area contributed by atoms with Gasteiger partial charge in [-0.3, -0.25) is 23.9 Å². The van der Waals surface area contributed by atoms with Crippen molar-refractivity contribution in [1.82, 2.24) is 14.5 Å². The first-order valence-corrected chi connectivity index (χ1v) is 11.3. The van der Waals surface area contributed by atoms with Crippen molar-refractivity contribution < 1.29 is 23.8 Å². The molecule has 0 radical (unpaired) electrons. The van der Waals surface area contributed by atoms with Gasteiger partial charge in [-0.15, -0.1) is 0 Å². The molecule has 3 aromatic rings. The second kappa shape index (κ2) is 10.7. The van der Waals surface area contributed by atoms with Crippen LogP contribution in [-0.4, -0.2) is 66.7 Å². The second-order valence-corrected chi connectivity index (χ2v) is 8.22. The smallest absolute Gasteiger partial charge is 0.262 e. The van der Waals surface area contributed by atoms with Crippen LogP contribution in [0.2, 0.25) is 0 Å². The van der Waals surface area contributed by atoms with Gasteiger partial charge in [-0.2, -0.15) is 0 Å². The summed E-state index contributed by atoms with van der Waals surface area (Å²) in [6.45, 7) is 4.19. The maximum Gasteiger partial charge on any atom is 0.262 e. The second-order valence-electron chi connectivity index (χ2n) is 8.22. The average Bonchev–Trinajstić information content (AvgIpc) is 2.86. The molecule has 0 spiro atoms. The quantitative estimate of drug-likeness (QED) is 0.488. The van der Waals surface area contributed by atoms with Crippen LogP contribution < -0.4 is 20.3 Å². The molecule has 1 amide bonds. The standard InChI is InChI=1S/C25H28N4O6/c1-16(30)17-5-4-6-18(11-17)26-24(31)15-29-23(14-28-7-9-35-10-8-28)27-20-13-22(34-3)21(33-2)12-19(20)25(29)32/h4-6,11-13H,7-10,14-15H2,1-3H3,(H,26,31). The summed E-state index contributed by atoms with van der Waals surface area (Å²) in [5.74, 6) is 0.817. The summed E-state index contributed by atoms with van der Waals surface area (Å²) in [4.78, 5) is 45.0. The van der Waals surface area contributed by atoms with Crippen molar-refractivity contribution in [1.29, 1.82) is 0 Å². The van der Waals surface area contributed by atoms with Crippen molar-refractivity contribution in [3.63, 3.8) is 0 Å². The van der Waals surface area contributed by atoms with Crippen molar-refractivity contribution in [3.05, 3.63) is 58.1 Å². The molecule has 4 rings (SSSR count). The first-order valence-electron chi connectivity index (χ1n) is 11.3. The molecule has 1 aliphatic rings. The molecule has 1 aliphatic heterocycles. The number of aromatic nitrogens is 2. The highest BCUT2D eigenvalue weighted by Crippen LogP contribution is 2.30. The number of rotatable bonds is 8. The predicted octanol–water partition coefficient (Wildman–Crippen LogP) is 2.09. The monoisotopic (exact) mass is 480 g/mol. The lowest BCUT2D eigenvalue weighted by Crippen LogP contribution is -2.39. The van der Waals surface area contributed by atoms with Crippen LogP contribution in [0, 0.1) is 0 Å². The van der Waals surface area contributed by atoms with E-state index in [9.17, 15) is 14.4 Å². The van der Waals surface area contributed by atoms with E-state index in [2.05, 4.69) is 10.2 Å². The number of hydrogen-bond acceptors (Lipinski definition) is 8. The fourth-order valence-corrected chi connectivity index (χ4v) is 4.00. The predicted molar refractivity (Wildman–Crippen MR) is 130 cm³/mol. The van der Waals surface area contributed by atoms with Gasteiger partial charge in [0, 0.05) is 30.4 Å². The van der Waals surface area contributed by atoms with Crippen molar-refractivity contribution in [3.8, 4) is 11.5 Å². The average molecular weight is 481 g/mol. The van der Waals surface area contributed by atoms with E-state index in [0.29, 0.717) is 72.3 Å². The molecule has 2 heterocycles. The molecule has 1 N–H and O–H groups in total.